The van der Waals surface area contributed by atoms with Crippen molar-refractivity contribution in [3.8, 4) is 0 Å². The Bertz CT molecular complexity index is 853. The number of amides is 2. The molecule has 8 nitrogen and oxygen atoms in total. The molecule has 0 aromatic rings. The average molecular weight is 447 g/mol. The Hall–Kier alpha value is -2.19. The number of esters is 1. The van der Waals surface area contributed by atoms with Crippen molar-refractivity contribution >= 4 is 17.8 Å². The van der Waals surface area contributed by atoms with Crippen LogP contribution in [0.1, 0.15) is 47.0 Å². The van der Waals surface area contributed by atoms with Crippen molar-refractivity contribution < 1.29 is 29.0 Å². The fraction of sp³-hybridized carbons (Fsp3) is 0.708. The molecular formula is C24H34N2O6. The molecule has 1 spiro atoms. The maximum atomic E-state index is 13.9. The first-order valence-electron chi connectivity index (χ1n) is 11.6. The van der Waals surface area contributed by atoms with E-state index >= 15 is 0 Å². The molecule has 0 aromatic heterocycles. The van der Waals surface area contributed by atoms with E-state index in [4.69, 9.17) is 9.47 Å². The molecule has 2 fully saturated rings. The zero-order valence-corrected chi connectivity index (χ0v) is 19.3. The van der Waals surface area contributed by atoms with Gasteiger partial charge in [0.05, 0.1) is 30.8 Å². The van der Waals surface area contributed by atoms with Gasteiger partial charge in [0.1, 0.15) is 17.6 Å². The lowest BCUT2D eigenvalue weighted by atomic mass is 9.74. The fourth-order valence-electron chi connectivity index (χ4n) is 5.78. The monoisotopic (exact) mass is 446 g/mol. The molecule has 0 aliphatic carbocycles. The first-order valence-corrected chi connectivity index (χ1v) is 11.6. The molecule has 176 valence electrons. The summed E-state index contributed by atoms with van der Waals surface area (Å²) in [5.74, 6) is -2.85. The van der Waals surface area contributed by atoms with E-state index in [0.29, 0.717) is 13.2 Å². The van der Waals surface area contributed by atoms with Gasteiger partial charge in [0.25, 0.3) is 0 Å². The third-order valence-corrected chi connectivity index (χ3v) is 7.33. The quantitative estimate of drug-likeness (QED) is 0.520. The van der Waals surface area contributed by atoms with Gasteiger partial charge in [-0.25, -0.2) is 0 Å². The Morgan fingerprint density at radius 2 is 1.84 bits per heavy atom. The molecule has 8 heteroatoms. The molecule has 0 aromatic carbocycles. The number of ether oxygens (including phenoxy) is 2. The summed E-state index contributed by atoms with van der Waals surface area (Å²) in [6.45, 7) is 7.75. The molecule has 0 radical (unpaired) electrons. The summed E-state index contributed by atoms with van der Waals surface area (Å²) < 4.78 is 12.3. The molecule has 0 bridgehead atoms. The number of rotatable bonds is 3. The van der Waals surface area contributed by atoms with Crippen molar-refractivity contribution in [3.63, 3.8) is 0 Å². The number of cyclic esters (lactones) is 1. The van der Waals surface area contributed by atoms with E-state index in [9.17, 15) is 19.5 Å². The van der Waals surface area contributed by atoms with E-state index in [0.717, 1.165) is 19.3 Å². The number of likely N-dealkylation sites (tertiary alicyclic amines) is 1. The molecule has 2 saturated heterocycles. The van der Waals surface area contributed by atoms with Gasteiger partial charge in [0, 0.05) is 12.6 Å². The Morgan fingerprint density at radius 1 is 1.09 bits per heavy atom. The van der Waals surface area contributed by atoms with Gasteiger partial charge in [-0.15, -0.1) is 0 Å². The number of aliphatic hydroxyl groups is 1. The lowest BCUT2D eigenvalue weighted by molar-refractivity contribution is -0.161. The Balaban J connectivity index is 1.89. The zero-order valence-electron chi connectivity index (χ0n) is 19.3. The summed E-state index contributed by atoms with van der Waals surface area (Å²) in [7, 11) is 0. The predicted octanol–water partition coefficient (Wildman–Crippen LogP) is 1.43. The third-order valence-electron chi connectivity index (χ3n) is 7.33. The second kappa shape index (κ2) is 8.30. The van der Waals surface area contributed by atoms with Crippen LogP contribution in [0.15, 0.2) is 24.3 Å². The molecule has 6 atom stereocenters. The van der Waals surface area contributed by atoms with Gasteiger partial charge in [-0.1, -0.05) is 24.3 Å². The molecule has 4 aliphatic heterocycles. The van der Waals surface area contributed by atoms with Crippen molar-refractivity contribution in [2.75, 3.05) is 19.8 Å². The molecule has 0 saturated carbocycles. The number of allylic oxidation sites excluding steroid dienone is 1. The van der Waals surface area contributed by atoms with Crippen LogP contribution in [0.5, 0.6) is 0 Å². The largest absolute Gasteiger partial charge is 0.465 e. The van der Waals surface area contributed by atoms with Gasteiger partial charge in [-0.05, 0) is 47.0 Å². The van der Waals surface area contributed by atoms with Crippen LogP contribution in [-0.4, -0.2) is 81.8 Å². The number of fused-ring (bicyclic) bond motifs is 2. The number of carbonyl (C=O) groups excluding carboxylic acids is 3. The molecule has 2 amide bonds. The van der Waals surface area contributed by atoms with Gasteiger partial charge in [0.2, 0.25) is 11.8 Å². The summed E-state index contributed by atoms with van der Waals surface area (Å²) in [6, 6.07) is -1.63. The number of carbonyl (C=O) groups is 3. The summed E-state index contributed by atoms with van der Waals surface area (Å²) >= 11 is 0. The highest BCUT2D eigenvalue weighted by atomic mass is 16.6. The van der Waals surface area contributed by atoms with Gasteiger partial charge in [-0.3, -0.25) is 14.4 Å². The molecule has 1 unspecified atom stereocenters. The minimum absolute atomic E-state index is 0.0784. The highest BCUT2D eigenvalue weighted by molar-refractivity contribution is 5.99. The molecule has 4 heterocycles. The van der Waals surface area contributed by atoms with Crippen molar-refractivity contribution in [2.24, 2.45) is 11.8 Å². The highest BCUT2D eigenvalue weighted by Gasteiger charge is 2.75. The second-order valence-corrected chi connectivity index (χ2v) is 9.83. The van der Waals surface area contributed by atoms with Crippen molar-refractivity contribution in [1.82, 2.24) is 9.80 Å². The standard InChI is InChI=1S/C24H34N2O6/c1-15(2)25-12-9-11-24-17(20(28)26(16(3)14-27)19(24)21(25)29)18-22(30)31-13-8-6-5-7-10-23(18,4)32-24/h7,9-11,15-19,27H,5-6,8,12-14H2,1-4H3/b10-7-/t16-,17+,18-,19?,23+,24+/m1/s1. The van der Waals surface area contributed by atoms with Gasteiger partial charge in [-0.2, -0.15) is 0 Å². The average Bonchev–Trinajstić information content (AvgIpc) is 3.07. The molecule has 4 aliphatic rings. The van der Waals surface area contributed by atoms with Gasteiger partial charge >= 0.3 is 5.97 Å². The molecule has 1 N–H and O–H groups in total. The Labute approximate surface area is 189 Å². The van der Waals surface area contributed by atoms with Crippen molar-refractivity contribution in [1.29, 1.82) is 0 Å². The number of nitrogens with zero attached hydrogens (tertiary/aromatic N) is 2. The summed E-state index contributed by atoms with van der Waals surface area (Å²) in [5.41, 5.74) is -2.39. The zero-order chi connectivity index (χ0) is 23.3. The Kier molecular flexibility index (Phi) is 5.96. The smallest absolute Gasteiger partial charge is 0.313 e. The van der Waals surface area contributed by atoms with Crippen molar-refractivity contribution in [2.45, 2.75) is 76.3 Å². The van der Waals surface area contributed by atoms with E-state index in [1.807, 2.05) is 38.2 Å². The summed E-state index contributed by atoms with van der Waals surface area (Å²) in [4.78, 5) is 44.1. The van der Waals surface area contributed by atoms with Crippen molar-refractivity contribution in [3.05, 3.63) is 24.3 Å². The second-order valence-electron chi connectivity index (χ2n) is 9.83. The maximum absolute atomic E-state index is 13.9. The topological polar surface area (TPSA) is 96.4 Å². The van der Waals surface area contributed by atoms with E-state index in [-0.39, 0.29) is 24.5 Å². The molecule has 32 heavy (non-hydrogen) atoms. The summed E-state index contributed by atoms with van der Waals surface area (Å²) in [5, 5.41) is 9.90. The van der Waals surface area contributed by atoms with E-state index in [1.165, 1.54) is 4.90 Å². The normalized spacial score (nSPS) is 39.3. The van der Waals surface area contributed by atoms with Crippen LogP contribution in [0.25, 0.3) is 0 Å². The first kappa shape index (κ1) is 23.0. The van der Waals surface area contributed by atoms with E-state index < -0.39 is 41.1 Å². The summed E-state index contributed by atoms with van der Waals surface area (Å²) in [6.07, 6.45) is 10.0. The highest BCUT2D eigenvalue weighted by Crippen LogP contribution is 2.57. The minimum Gasteiger partial charge on any atom is -0.465 e. The van der Waals surface area contributed by atoms with Crippen LogP contribution in [0, 0.1) is 11.8 Å². The lowest BCUT2D eigenvalue weighted by Crippen LogP contribution is -2.59. The maximum Gasteiger partial charge on any atom is 0.313 e. The van der Waals surface area contributed by atoms with Crippen LogP contribution in [0.2, 0.25) is 0 Å². The third kappa shape index (κ3) is 3.30. The SMILES string of the molecule is CC(C)N1CC=C[C@]23O[C@@]4(C)/C=C\CCCCOC(=O)[C@H]4[C@H]2C(=O)N([C@H](C)CO)C3C1=O. The minimum atomic E-state index is -1.31. The van der Waals surface area contributed by atoms with E-state index in [2.05, 4.69) is 0 Å². The number of aliphatic hydroxyl groups excluding tert-OH is 1. The van der Waals surface area contributed by atoms with E-state index in [1.54, 1.807) is 18.7 Å². The number of hydrogen-bond acceptors (Lipinski definition) is 6. The van der Waals surface area contributed by atoms with Crippen LogP contribution in [0.3, 0.4) is 0 Å². The van der Waals surface area contributed by atoms with Crippen LogP contribution in [-0.2, 0) is 23.9 Å². The molecular weight excluding hydrogens is 412 g/mol. The predicted molar refractivity (Wildman–Crippen MR) is 116 cm³/mol. The van der Waals surface area contributed by atoms with Crippen LogP contribution >= 0.6 is 0 Å². The molecule has 4 rings (SSSR count). The van der Waals surface area contributed by atoms with Crippen LogP contribution < -0.4 is 0 Å². The van der Waals surface area contributed by atoms with Gasteiger partial charge < -0.3 is 24.4 Å². The Morgan fingerprint density at radius 3 is 2.53 bits per heavy atom. The first-order chi connectivity index (χ1) is 15.2. The lowest BCUT2D eigenvalue weighted by Gasteiger charge is -2.40. The number of hydrogen-bond donors (Lipinski definition) is 1. The van der Waals surface area contributed by atoms with Gasteiger partial charge in [0.15, 0.2) is 0 Å². The van der Waals surface area contributed by atoms with Crippen LogP contribution in [0.4, 0.5) is 0 Å². The fourth-order valence-corrected chi connectivity index (χ4v) is 5.78.